The van der Waals surface area contributed by atoms with Crippen LogP contribution in [0.5, 0.6) is 5.75 Å². The lowest BCUT2D eigenvalue weighted by Crippen LogP contribution is -1.99. The highest BCUT2D eigenvalue weighted by molar-refractivity contribution is 7.99. The highest BCUT2D eigenvalue weighted by atomic mass is 32.2. The van der Waals surface area contributed by atoms with Gasteiger partial charge in [-0.2, -0.15) is 0 Å². The number of halogens is 1. The Bertz CT molecular complexity index is 594. The van der Waals surface area contributed by atoms with E-state index >= 15 is 0 Å². The van der Waals surface area contributed by atoms with Crippen molar-refractivity contribution in [2.75, 3.05) is 12.3 Å². The maximum Gasteiger partial charge on any atom is 0.261 e. The third-order valence-corrected chi connectivity index (χ3v) is 3.65. The second-order valence-electron chi connectivity index (χ2n) is 4.39. The van der Waals surface area contributed by atoms with Crippen molar-refractivity contribution in [2.24, 2.45) is 0 Å². The number of oxazole rings is 1. The van der Waals surface area contributed by atoms with E-state index < -0.39 is 5.82 Å². The SMILES string of the molecule is CCCOc1cc(Sc2nc(C)c(C)o2)c(N)cc1F. The molecule has 0 atom stereocenters. The Morgan fingerprint density at radius 2 is 2.15 bits per heavy atom. The van der Waals surface area contributed by atoms with E-state index in [2.05, 4.69) is 4.98 Å². The van der Waals surface area contributed by atoms with Gasteiger partial charge in [-0.3, -0.25) is 0 Å². The van der Waals surface area contributed by atoms with Crippen molar-refractivity contribution < 1.29 is 13.5 Å². The van der Waals surface area contributed by atoms with E-state index in [1.807, 2.05) is 20.8 Å². The van der Waals surface area contributed by atoms with Gasteiger partial charge in [-0.15, -0.1) is 0 Å². The fraction of sp³-hybridized carbons (Fsp3) is 0.357. The lowest BCUT2D eigenvalue weighted by Gasteiger charge is -2.09. The summed E-state index contributed by atoms with van der Waals surface area (Å²) in [6.45, 7) is 6.13. The molecule has 1 heterocycles. The fourth-order valence-corrected chi connectivity index (χ4v) is 2.42. The number of nitrogens with zero attached hydrogens (tertiary/aromatic N) is 1. The minimum Gasteiger partial charge on any atom is -0.490 e. The van der Waals surface area contributed by atoms with Crippen LogP contribution in [-0.4, -0.2) is 11.6 Å². The van der Waals surface area contributed by atoms with Crippen LogP contribution in [0.25, 0.3) is 0 Å². The number of aromatic nitrogens is 1. The molecule has 0 amide bonds. The predicted molar refractivity (Wildman–Crippen MR) is 76.7 cm³/mol. The molecule has 0 radical (unpaired) electrons. The van der Waals surface area contributed by atoms with Gasteiger partial charge < -0.3 is 14.9 Å². The molecule has 0 fully saturated rings. The molecule has 0 aliphatic rings. The summed E-state index contributed by atoms with van der Waals surface area (Å²) in [5.41, 5.74) is 6.99. The molecule has 4 nitrogen and oxygen atoms in total. The second-order valence-corrected chi connectivity index (χ2v) is 5.39. The molecule has 2 aromatic rings. The third kappa shape index (κ3) is 3.25. The van der Waals surface area contributed by atoms with Gasteiger partial charge in [0.05, 0.1) is 12.3 Å². The van der Waals surface area contributed by atoms with Gasteiger partial charge in [0.1, 0.15) is 5.76 Å². The Balaban J connectivity index is 2.26. The van der Waals surface area contributed by atoms with E-state index in [0.717, 1.165) is 17.9 Å². The summed E-state index contributed by atoms with van der Waals surface area (Å²) in [5.74, 6) is 0.499. The Morgan fingerprint density at radius 3 is 2.75 bits per heavy atom. The average molecular weight is 296 g/mol. The van der Waals surface area contributed by atoms with Crippen molar-refractivity contribution in [2.45, 2.75) is 37.3 Å². The molecule has 0 aliphatic carbocycles. The van der Waals surface area contributed by atoms with Crippen LogP contribution >= 0.6 is 11.8 Å². The molecule has 0 aliphatic heterocycles. The molecule has 6 heteroatoms. The molecule has 0 saturated heterocycles. The molecule has 1 aromatic carbocycles. The van der Waals surface area contributed by atoms with Crippen molar-refractivity contribution in [1.82, 2.24) is 4.98 Å². The van der Waals surface area contributed by atoms with E-state index in [1.54, 1.807) is 6.07 Å². The van der Waals surface area contributed by atoms with Gasteiger partial charge in [-0.05, 0) is 38.1 Å². The molecule has 1 aromatic heterocycles. The first-order valence-electron chi connectivity index (χ1n) is 6.35. The number of nitrogens with two attached hydrogens (primary N) is 1. The largest absolute Gasteiger partial charge is 0.490 e. The topological polar surface area (TPSA) is 61.3 Å². The smallest absolute Gasteiger partial charge is 0.261 e. The van der Waals surface area contributed by atoms with Crippen LogP contribution in [0, 0.1) is 19.7 Å². The summed E-state index contributed by atoms with van der Waals surface area (Å²) in [4.78, 5) is 4.93. The Kier molecular flexibility index (Phi) is 4.54. The third-order valence-electron chi connectivity index (χ3n) is 2.73. The van der Waals surface area contributed by atoms with E-state index in [0.29, 0.717) is 22.4 Å². The predicted octanol–water partition coefficient (Wildman–Crippen LogP) is 3.95. The minimum atomic E-state index is -0.458. The van der Waals surface area contributed by atoms with Gasteiger partial charge in [-0.1, -0.05) is 6.92 Å². The zero-order valence-corrected chi connectivity index (χ0v) is 12.5. The first-order chi connectivity index (χ1) is 9.51. The Hall–Kier alpha value is -1.69. The number of nitrogen functional groups attached to an aromatic ring is 1. The number of hydrogen-bond acceptors (Lipinski definition) is 5. The lowest BCUT2D eigenvalue weighted by molar-refractivity contribution is 0.300. The molecule has 20 heavy (non-hydrogen) atoms. The van der Waals surface area contributed by atoms with Gasteiger partial charge in [0.15, 0.2) is 11.6 Å². The zero-order valence-electron chi connectivity index (χ0n) is 11.7. The molecule has 108 valence electrons. The van der Waals surface area contributed by atoms with E-state index in [1.165, 1.54) is 17.8 Å². The molecule has 0 unspecified atom stereocenters. The normalized spacial score (nSPS) is 10.8. The van der Waals surface area contributed by atoms with Crippen LogP contribution in [0.2, 0.25) is 0 Å². The van der Waals surface area contributed by atoms with Crippen molar-refractivity contribution in [3.05, 3.63) is 29.4 Å². The fourth-order valence-electron chi connectivity index (χ4n) is 1.54. The van der Waals surface area contributed by atoms with Crippen LogP contribution < -0.4 is 10.5 Å². The summed E-state index contributed by atoms with van der Waals surface area (Å²) in [5, 5.41) is 0.486. The molecular formula is C14H17FN2O2S. The monoisotopic (exact) mass is 296 g/mol. The van der Waals surface area contributed by atoms with Crippen LogP contribution in [0.4, 0.5) is 10.1 Å². The molecule has 2 N–H and O–H groups in total. The van der Waals surface area contributed by atoms with E-state index in [-0.39, 0.29) is 5.75 Å². The maximum atomic E-state index is 13.7. The van der Waals surface area contributed by atoms with Crippen molar-refractivity contribution in [3.8, 4) is 5.75 Å². The Labute approximate surface area is 121 Å². The quantitative estimate of drug-likeness (QED) is 0.846. The summed E-state index contributed by atoms with van der Waals surface area (Å²) < 4.78 is 24.5. The molecule has 0 bridgehead atoms. The first kappa shape index (κ1) is 14.7. The number of benzene rings is 1. The van der Waals surface area contributed by atoms with Gasteiger partial charge in [-0.25, -0.2) is 9.37 Å². The highest BCUT2D eigenvalue weighted by Gasteiger charge is 2.14. The lowest BCUT2D eigenvalue weighted by atomic mass is 10.3. The van der Waals surface area contributed by atoms with Crippen LogP contribution in [-0.2, 0) is 0 Å². The summed E-state index contributed by atoms with van der Waals surface area (Å²) in [6, 6.07) is 2.84. The highest BCUT2D eigenvalue weighted by Crippen LogP contribution is 2.36. The van der Waals surface area contributed by atoms with Crippen molar-refractivity contribution in [1.29, 1.82) is 0 Å². The van der Waals surface area contributed by atoms with E-state index in [4.69, 9.17) is 14.9 Å². The summed E-state index contributed by atoms with van der Waals surface area (Å²) in [7, 11) is 0. The molecular weight excluding hydrogens is 279 g/mol. The zero-order chi connectivity index (χ0) is 14.7. The number of hydrogen-bond donors (Lipinski definition) is 1. The number of rotatable bonds is 5. The second kappa shape index (κ2) is 6.17. The number of aryl methyl sites for hydroxylation is 2. The van der Waals surface area contributed by atoms with Crippen molar-refractivity contribution in [3.63, 3.8) is 0 Å². The van der Waals surface area contributed by atoms with E-state index in [9.17, 15) is 4.39 Å². The summed E-state index contributed by atoms with van der Waals surface area (Å²) >= 11 is 1.26. The standard InChI is InChI=1S/C14H17FN2O2S/c1-4-5-18-12-7-13(11(16)6-10(12)15)20-14-17-8(2)9(3)19-14/h6-7H,4-5,16H2,1-3H3. The van der Waals surface area contributed by atoms with Crippen LogP contribution in [0.1, 0.15) is 24.8 Å². The average Bonchev–Trinajstić information content (AvgIpc) is 2.70. The van der Waals surface area contributed by atoms with Gasteiger partial charge in [0.2, 0.25) is 0 Å². The molecule has 0 saturated carbocycles. The van der Waals surface area contributed by atoms with Gasteiger partial charge in [0, 0.05) is 16.6 Å². The minimum absolute atomic E-state index is 0.198. The molecule has 0 spiro atoms. The first-order valence-corrected chi connectivity index (χ1v) is 7.16. The van der Waals surface area contributed by atoms with Crippen molar-refractivity contribution >= 4 is 17.4 Å². The number of anilines is 1. The van der Waals surface area contributed by atoms with Crippen LogP contribution in [0.15, 0.2) is 26.7 Å². The van der Waals surface area contributed by atoms with Gasteiger partial charge >= 0.3 is 0 Å². The summed E-state index contributed by atoms with van der Waals surface area (Å²) in [6.07, 6.45) is 0.810. The van der Waals surface area contributed by atoms with Crippen LogP contribution in [0.3, 0.4) is 0 Å². The van der Waals surface area contributed by atoms with Gasteiger partial charge in [0.25, 0.3) is 5.22 Å². The maximum absolute atomic E-state index is 13.7. The Morgan fingerprint density at radius 1 is 1.40 bits per heavy atom. The molecule has 2 rings (SSSR count). The number of ether oxygens (including phenoxy) is 1.